The van der Waals surface area contributed by atoms with Crippen LogP contribution in [0.25, 0.3) is 16.7 Å². The summed E-state index contributed by atoms with van der Waals surface area (Å²) in [5.41, 5.74) is 0.230. The quantitative estimate of drug-likeness (QED) is 0.321. The number of benzene rings is 1. The van der Waals surface area contributed by atoms with Crippen LogP contribution in [-0.4, -0.2) is 46.2 Å². The second-order valence-electron chi connectivity index (χ2n) is 7.25. The summed E-state index contributed by atoms with van der Waals surface area (Å²) in [4.78, 5) is 47.8. The van der Waals surface area contributed by atoms with Crippen LogP contribution in [-0.2, 0) is 16.0 Å². The van der Waals surface area contributed by atoms with Crippen LogP contribution >= 0.6 is 0 Å². The zero-order valence-corrected chi connectivity index (χ0v) is 18.5. The Bertz CT molecular complexity index is 1520. The highest BCUT2D eigenvalue weighted by Gasteiger charge is 2.20. The minimum absolute atomic E-state index is 0.0375. The fourth-order valence-corrected chi connectivity index (χ4v) is 3.50. The molecule has 0 fully saturated rings. The van der Waals surface area contributed by atoms with E-state index in [4.69, 9.17) is 9.47 Å². The Labute approximate surface area is 192 Å². The van der Waals surface area contributed by atoms with E-state index in [1.54, 1.807) is 31.3 Å². The Hall–Kier alpha value is -4.18. The zero-order valence-electron chi connectivity index (χ0n) is 18.5. The number of aromatic nitrogens is 3. The van der Waals surface area contributed by atoms with Gasteiger partial charge in [-0.1, -0.05) is 6.07 Å². The van der Waals surface area contributed by atoms with E-state index in [1.165, 1.54) is 34.3 Å². The van der Waals surface area contributed by atoms with E-state index < -0.39 is 23.3 Å². The summed E-state index contributed by atoms with van der Waals surface area (Å²) in [5.74, 6) is -1.95. The van der Waals surface area contributed by atoms with Gasteiger partial charge in [-0.2, -0.15) is 4.99 Å². The Balaban J connectivity index is 2.10. The highest BCUT2D eigenvalue weighted by atomic mass is 19.1. The van der Waals surface area contributed by atoms with Crippen molar-refractivity contribution < 1.29 is 23.5 Å². The molecule has 0 atom stereocenters. The van der Waals surface area contributed by atoms with Crippen LogP contribution in [0.5, 0.6) is 0 Å². The van der Waals surface area contributed by atoms with E-state index in [2.05, 4.69) is 9.98 Å². The molecule has 0 N–H and O–H groups in total. The van der Waals surface area contributed by atoms with Crippen molar-refractivity contribution in [2.45, 2.75) is 13.5 Å². The Morgan fingerprint density at radius 1 is 1.15 bits per heavy atom. The molecule has 0 spiro atoms. The molecule has 1 amide bonds. The van der Waals surface area contributed by atoms with Gasteiger partial charge in [0.15, 0.2) is 5.49 Å². The summed E-state index contributed by atoms with van der Waals surface area (Å²) >= 11 is 0. The third kappa shape index (κ3) is 4.35. The Morgan fingerprint density at radius 3 is 2.62 bits per heavy atom. The largest absolute Gasteiger partial charge is 0.462 e. The average Bonchev–Trinajstić information content (AvgIpc) is 2.84. The van der Waals surface area contributed by atoms with Crippen LogP contribution in [0.1, 0.15) is 27.6 Å². The molecule has 4 rings (SSSR count). The number of hydrogen-bond acceptors (Lipinski definition) is 6. The number of hydrogen-bond donors (Lipinski definition) is 0. The van der Waals surface area contributed by atoms with Crippen LogP contribution in [0.4, 0.5) is 4.39 Å². The van der Waals surface area contributed by atoms with E-state index in [1.807, 2.05) is 0 Å². The molecule has 0 aliphatic carbocycles. The molecule has 0 aliphatic heterocycles. The first-order valence-electron chi connectivity index (χ1n) is 10.5. The molecule has 174 valence electrons. The monoisotopic (exact) mass is 464 g/mol. The predicted octanol–water partition coefficient (Wildman–Crippen LogP) is 2.35. The number of nitrogens with zero attached hydrogens (tertiary/aromatic N) is 4. The lowest BCUT2D eigenvalue weighted by molar-refractivity contribution is 0.0523. The highest BCUT2D eigenvalue weighted by molar-refractivity contribution is 5.97. The minimum atomic E-state index is -0.751. The van der Waals surface area contributed by atoms with Gasteiger partial charge in [-0.3, -0.25) is 14.0 Å². The van der Waals surface area contributed by atoms with Gasteiger partial charge < -0.3 is 14.0 Å². The van der Waals surface area contributed by atoms with Gasteiger partial charge in [-0.05, 0) is 49.4 Å². The molecule has 9 nitrogen and oxygen atoms in total. The summed E-state index contributed by atoms with van der Waals surface area (Å²) in [6.07, 6.45) is 1.57. The topological polar surface area (TPSA) is 104 Å². The first kappa shape index (κ1) is 23.0. The molecule has 34 heavy (non-hydrogen) atoms. The number of carbonyl (C=O) groups is 2. The van der Waals surface area contributed by atoms with Crippen LogP contribution in [0.3, 0.4) is 0 Å². The molecule has 0 aliphatic rings. The maximum atomic E-state index is 13.3. The number of pyridine rings is 2. The fourth-order valence-electron chi connectivity index (χ4n) is 3.50. The van der Waals surface area contributed by atoms with Gasteiger partial charge >= 0.3 is 5.97 Å². The maximum Gasteiger partial charge on any atom is 0.341 e. The maximum absolute atomic E-state index is 13.3. The molecule has 1 aromatic carbocycles. The zero-order chi connectivity index (χ0) is 24.2. The molecule has 10 heteroatoms. The van der Waals surface area contributed by atoms with E-state index in [9.17, 15) is 18.8 Å². The molecule has 3 aromatic heterocycles. The Morgan fingerprint density at radius 2 is 1.91 bits per heavy atom. The van der Waals surface area contributed by atoms with Crippen LogP contribution in [0.15, 0.2) is 64.5 Å². The number of rotatable bonds is 6. The van der Waals surface area contributed by atoms with Gasteiger partial charge in [0, 0.05) is 25.4 Å². The SMILES string of the molecule is CCOC(=O)c1cc2c(=O)n3ccccc3nc2n(CCOC)c1=NC(=O)c1ccc(F)cc1. The van der Waals surface area contributed by atoms with E-state index >= 15 is 0 Å². The van der Waals surface area contributed by atoms with Crippen molar-refractivity contribution in [3.63, 3.8) is 0 Å². The number of halogens is 1. The van der Waals surface area contributed by atoms with E-state index in [-0.39, 0.29) is 47.4 Å². The molecule has 4 aromatic rings. The second kappa shape index (κ2) is 9.75. The summed E-state index contributed by atoms with van der Waals surface area (Å²) in [5, 5.41) is 0.149. The standard InChI is InChI=1S/C24H21FN4O5/c1-3-34-24(32)18-14-17-20(26-19-6-4-5-11-28(19)23(17)31)29(12-13-33-2)21(18)27-22(30)15-7-9-16(25)10-8-15/h4-11,14H,3,12-13H2,1-2H3. The molecular formula is C24H21FN4O5. The molecule has 0 bridgehead atoms. The van der Waals surface area contributed by atoms with Crippen molar-refractivity contribution in [2.24, 2.45) is 4.99 Å². The van der Waals surface area contributed by atoms with Crippen molar-refractivity contribution in [3.05, 3.63) is 87.5 Å². The summed E-state index contributed by atoms with van der Waals surface area (Å²) in [6, 6.07) is 11.3. The second-order valence-corrected chi connectivity index (χ2v) is 7.25. The first-order valence-corrected chi connectivity index (χ1v) is 10.5. The number of amides is 1. The molecule has 0 radical (unpaired) electrons. The average molecular weight is 464 g/mol. The van der Waals surface area contributed by atoms with Gasteiger partial charge in [0.1, 0.15) is 22.7 Å². The molecule has 0 unspecified atom stereocenters. The van der Waals surface area contributed by atoms with Gasteiger partial charge in [-0.25, -0.2) is 14.2 Å². The summed E-state index contributed by atoms with van der Waals surface area (Å²) < 4.78 is 26.5. The van der Waals surface area contributed by atoms with Gasteiger partial charge in [-0.15, -0.1) is 0 Å². The number of ether oxygens (including phenoxy) is 2. The number of fused-ring (bicyclic) bond motifs is 2. The third-order valence-electron chi connectivity index (χ3n) is 5.10. The normalized spacial score (nSPS) is 11.8. The van der Waals surface area contributed by atoms with E-state index in [0.717, 1.165) is 12.1 Å². The van der Waals surface area contributed by atoms with Gasteiger partial charge in [0.05, 0.1) is 18.6 Å². The predicted molar refractivity (Wildman–Crippen MR) is 121 cm³/mol. The van der Waals surface area contributed by atoms with Gasteiger partial charge in [0.25, 0.3) is 11.5 Å². The van der Waals surface area contributed by atoms with E-state index in [0.29, 0.717) is 5.65 Å². The first-order chi connectivity index (χ1) is 16.4. The number of carbonyl (C=O) groups excluding carboxylic acids is 2. The molecule has 0 saturated heterocycles. The van der Waals surface area contributed by atoms with Crippen LogP contribution in [0, 0.1) is 5.82 Å². The summed E-state index contributed by atoms with van der Waals surface area (Å²) in [7, 11) is 1.50. The number of esters is 1. The highest BCUT2D eigenvalue weighted by Crippen LogP contribution is 2.12. The molecule has 3 heterocycles. The van der Waals surface area contributed by atoms with Crippen LogP contribution < -0.4 is 11.0 Å². The smallest absolute Gasteiger partial charge is 0.341 e. The van der Waals surface area contributed by atoms with Crippen molar-refractivity contribution >= 4 is 28.6 Å². The fraction of sp³-hybridized carbons (Fsp3) is 0.208. The Kier molecular flexibility index (Phi) is 6.60. The lowest BCUT2D eigenvalue weighted by Gasteiger charge is -2.14. The molecule has 0 saturated carbocycles. The summed E-state index contributed by atoms with van der Waals surface area (Å²) in [6.45, 7) is 2.05. The van der Waals surface area contributed by atoms with Crippen molar-refractivity contribution in [2.75, 3.05) is 20.3 Å². The molecular weight excluding hydrogens is 443 g/mol. The lowest BCUT2D eigenvalue weighted by Crippen LogP contribution is -2.33. The number of methoxy groups -OCH3 is 1. The van der Waals surface area contributed by atoms with Crippen LogP contribution in [0.2, 0.25) is 0 Å². The minimum Gasteiger partial charge on any atom is -0.462 e. The van der Waals surface area contributed by atoms with Gasteiger partial charge in [0.2, 0.25) is 0 Å². The third-order valence-corrected chi connectivity index (χ3v) is 5.10. The van der Waals surface area contributed by atoms with Crippen molar-refractivity contribution in [3.8, 4) is 0 Å². The lowest BCUT2D eigenvalue weighted by atomic mass is 10.2. The van der Waals surface area contributed by atoms with Crippen molar-refractivity contribution in [1.29, 1.82) is 0 Å². The van der Waals surface area contributed by atoms with Crippen molar-refractivity contribution in [1.82, 2.24) is 14.0 Å².